The molecular weight excluding hydrogens is 385 g/mol. The number of urea groups is 1. The molecule has 152 valence electrons. The summed E-state index contributed by atoms with van der Waals surface area (Å²) < 4.78 is 39.9. The molecule has 0 radical (unpaired) electrons. The van der Waals surface area contributed by atoms with Gasteiger partial charge in [-0.2, -0.15) is 0 Å². The number of rotatable bonds is 4. The van der Waals surface area contributed by atoms with Gasteiger partial charge in [-0.25, -0.2) is 23.0 Å². The second-order valence-electron chi connectivity index (χ2n) is 6.52. The second kappa shape index (κ2) is 8.34. The zero-order chi connectivity index (χ0) is 21.1. The van der Waals surface area contributed by atoms with Crippen LogP contribution in [0, 0.1) is 5.82 Å². The van der Waals surface area contributed by atoms with E-state index < -0.39 is 36.4 Å². The van der Waals surface area contributed by atoms with Gasteiger partial charge in [-0.1, -0.05) is 30.3 Å². The normalized spacial score (nSPS) is 17.3. The number of fused-ring (bicyclic) bond motifs is 1. The minimum atomic E-state index is -2.77. The summed E-state index contributed by atoms with van der Waals surface area (Å²) in [5.74, 6) is -1.14. The van der Waals surface area contributed by atoms with Crippen LogP contribution in [0.1, 0.15) is 18.1 Å². The Balaban J connectivity index is 2.04. The first-order chi connectivity index (χ1) is 13.8. The number of amides is 3. The van der Waals surface area contributed by atoms with Gasteiger partial charge in [-0.3, -0.25) is 4.79 Å². The van der Waals surface area contributed by atoms with Gasteiger partial charge in [0.15, 0.2) is 0 Å². The third-order valence-electron chi connectivity index (χ3n) is 4.48. The van der Waals surface area contributed by atoms with Gasteiger partial charge in [0.05, 0.1) is 17.4 Å². The molecule has 0 aliphatic carbocycles. The average Bonchev–Trinajstić information content (AvgIpc) is 2.79. The number of likely N-dealkylation sites (N-methyl/N-ethyl adjacent to an activating group) is 1. The van der Waals surface area contributed by atoms with Crippen LogP contribution in [0.25, 0.3) is 0 Å². The van der Waals surface area contributed by atoms with E-state index in [0.29, 0.717) is 11.3 Å². The molecule has 0 spiro atoms. The van der Waals surface area contributed by atoms with Gasteiger partial charge in [0.1, 0.15) is 5.82 Å². The fourth-order valence-electron chi connectivity index (χ4n) is 2.92. The molecule has 0 fully saturated rings. The van der Waals surface area contributed by atoms with Crippen molar-refractivity contribution in [3.63, 3.8) is 0 Å². The van der Waals surface area contributed by atoms with Crippen LogP contribution in [-0.2, 0) is 4.79 Å². The topological polar surface area (TPSA) is 73.8 Å². The predicted molar refractivity (Wildman–Crippen MR) is 103 cm³/mol. The van der Waals surface area contributed by atoms with Crippen molar-refractivity contribution >= 4 is 23.3 Å². The van der Waals surface area contributed by atoms with E-state index in [0.717, 1.165) is 6.92 Å². The average molecular weight is 404 g/mol. The molecule has 1 heterocycles. The molecule has 2 atom stereocenters. The third-order valence-corrected chi connectivity index (χ3v) is 4.48. The van der Waals surface area contributed by atoms with Crippen molar-refractivity contribution in [1.29, 1.82) is 0 Å². The van der Waals surface area contributed by atoms with Crippen LogP contribution < -0.4 is 15.5 Å². The van der Waals surface area contributed by atoms with E-state index in [-0.39, 0.29) is 11.3 Å². The van der Waals surface area contributed by atoms with E-state index in [1.54, 1.807) is 30.3 Å². The lowest BCUT2D eigenvalue weighted by molar-refractivity contribution is -0.119. The first-order valence-corrected chi connectivity index (χ1v) is 8.84. The maximum absolute atomic E-state index is 14.5. The Hall–Kier alpha value is -3.36. The molecule has 0 saturated heterocycles. The van der Waals surface area contributed by atoms with E-state index in [4.69, 9.17) is 0 Å². The Morgan fingerprint density at radius 2 is 1.72 bits per heavy atom. The lowest BCUT2D eigenvalue weighted by Gasteiger charge is -2.21. The summed E-state index contributed by atoms with van der Waals surface area (Å²) in [6.45, 7) is 1.13. The number of halogens is 3. The van der Waals surface area contributed by atoms with Crippen molar-refractivity contribution in [3.8, 4) is 0 Å². The third kappa shape index (κ3) is 4.23. The van der Waals surface area contributed by atoms with Gasteiger partial charge in [0.2, 0.25) is 6.17 Å². The number of nitrogens with zero attached hydrogens (tertiary/aromatic N) is 2. The van der Waals surface area contributed by atoms with Crippen LogP contribution in [0.4, 0.5) is 23.7 Å². The van der Waals surface area contributed by atoms with E-state index >= 15 is 0 Å². The quantitative estimate of drug-likeness (QED) is 0.823. The molecule has 1 aliphatic heterocycles. The Kier molecular flexibility index (Phi) is 5.86. The zero-order valence-corrected chi connectivity index (χ0v) is 15.7. The molecule has 3 rings (SSSR count). The summed E-state index contributed by atoms with van der Waals surface area (Å²) >= 11 is 0. The van der Waals surface area contributed by atoms with Crippen LogP contribution in [0.3, 0.4) is 0 Å². The number of aliphatic imine (C=N–C) groups is 1. The molecule has 9 heteroatoms. The Labute approximate surface area is 165 Å². The highest BCUT2D eigenvalue weighted by Crippen LogP contribution is 2.27. The highest BCUT2D eigenvalue weighted by atomic mass is 19.3. The summed E-state index contributed by atoms with van der Waals surface area (Å²) in [6, 6.07) is 10.3. The highest BCUT2D eigenvalue weighted by molar-refractivity contribution is 6.20. The Bertz CT molecular complexity index is 964. The first kappa shape index (κ1) is 20.4. The summed E-state index contributed by atoms with van der Waals surface area (Å²) in [7, 11) is 1.50. The molecule has 0 bridgehead atoms. The molecule has 6 nitrogen and oxygen atoms in total. The van der Waals surface area contributed by atoms with Crippen LogP contribution >= 0.6 is 0 Å². The van der Waals surface area contributed by atoms with Gasteiger partial charge >= 0.3 is 6.03 Å². The largest absolute Gasteiger partial charge is 0.330 e. The van der Waals surface area contributed by atoms with Gasteiger partial charge in [-0.05, 0) is 25.1 Å². The molecular formula is C20H19F3N4O2. The summed E-state index contributed by atoms with van der Waals surface area (Å²) in [4.78, 5) is 30.5. The molecule has 1 aliphatic rings. The maximum atomic E-state index is 14.5. The number of nitrogens with one attached hydrogen (secondary N) is 2. The molecule has 0 aromatic heterocycles. The standard InChI is InChI=1S/C20H19F3N4O2/c1-11(17(22)23)24-20(29)26-18-19(28)27(2)15-10-6-4-8-13(15)16(25-18)12-7-3-5-9-14(12)21/h3-11,17-18H,1-2H3,(H2,24,26,29). The number of carbonyl (C=O) groups is 2. The van der Waals surface area contributed by atoms with Crippen molar-refractivity contribution < 1.29 is 22.8 Å². The highest BCUT2D eigenvalue weighted by Gasteiger charge is 2.32. The molecule has 2 aromatic carbocycles. The van der Waals surface area contributed by atoms with Crippen molar-refractivity contribution in [2.24, 2.45) is 4.99 Å². The lowest BCUT2D eigenvalue weighted by atomic mass is 10.00. The number of hydrogen-bond acceptors (Lipinski definition) is 3. The van der Waals surface area contributed by atoms with Crippen LogP contribution in [-0.4, -0.2) is 43.3 Å². The van der Waals surface area contributed by atoms with Gasteiger partial charge in [0, 0.05) is 18.2 Å². The smallest absolute Gasteiger partial charge is 0.317 e. The second-order valence-corrected chi connectivity index (χ2v) is 6.52. The lowest BCUT2D eigenvalue weighted by Crippen LogP contribution is -2.52. The minimum Gasteiger partial charge on any atom is -0.330 e. The van der Waals surface area contributed by atoms with Crippen LogP contribution in [0.15, 0.2) is 53.5 Å². The first-order valence-electron chi connectivity index (χ1n) is 8.84. The van der Waals surface area contributed by atoms with Crippen molar-refractivity contribution in [2.75, 3.05) is 11.9 Å². The monoisotopic (exact) mass is 404 g/mol. The fourth-order valence-corrected chi connectivity index (χ4v) is 2.92. The number of anilines is 1. The molecule has 2 N–H and O–H groups in total. The summed E-state index contributed by atoms with van der Waals surface area (Å²) in [5, 5.41) is 4.35. The maximum Gasteiger partial charge on any atom is 0.317 e. The Morgan fingerprint density at radius 1 is 1.10 bits per heavy atom. The van der Waals surface area contributed by atoms with Gasteiger partial charge in [0.25, 0.3) is 12.3 Å². The fraction of sp³-hybridized carbons (Fsp3) is 0.250. The number of benzene rings is 2. The molecule has 2 unspecified atom stereocenters. The number of alkyl halides is 2. The molecule has 0 saturated carbocycles. The predicted octanol–water partition coefficient (Wildman–Crippen LogP) is 2.92. The van der Waals surface area contributed by atoms with Crippen LogP contribution in [0.2, 0.25) is 0 Å². The number of benzodiazepines with no additional fused rings is 1. The van der Waals surface area contributed by atoms with E-state index in [9.17, 15) is 22.8 Å². The van der Waals surface area contributed by atoms with E-state index in [2.05, 4.69) is 15.6 Å². The summed E-state index contributed by atoms with van der Waals surface area (Å²) in [5.41, 5.74) is 1.30. The minimum absolute atomic E-state index is 0.149. The Morgan fingerprint density at radius 3 is 2.38 bits per heavy atom. The van der Waals surface area contributed by atoms with Crippen molar-refractivity contribution in [3.05, 3.63) is 65.5 Å². The van der Waals surface area contributed by atoms with Gasteiger partial charge in [-0.15, -0.1) is 0 Å². The number of hydrogen-bond donors (Lipinski definition) is 2. The van der Waals surface area contributed by atoms with Crippen molar-refractivity contribution in [1.82, 2.24) is 10.6 Å². The van der Waals surface area contributed by atoms with E-state index in [1.165, 1.54) is 30.1 Å². The number of para-hydroxylation sites is 1. The SMILES string of the molecule is CC(NC(=O)NC1N=C(c2ccccc2F)c2ccccc2N(C)C1=O)C(F)F. The number of carbonyl (C=O) groups excluding carboxylic acids is 2. The molecule has 2 aromatic rings. The van der Waals surface area contributed by atoms with Gasteiger partial charge < -0.3 is 15.5 Å². The molecule has 29 heavy (non-hydrogen) atoms. The zero-order valence-electron chi connectivity index (χ0n) is 15.7. The summed E-state index contributed by atoms with van der Waals surface area (Å²) in [6.07, 6.45) is -4.19. The van der Waals surface area contributed by atoms with Crippen molar-refractivity contribution in [2.45, 2.75) is 25.6 Å². The molecule has 3 amide bonds. The van der Waals surface area contributed by atoms with Crippen LogP contribution in [0.5, 0.6) is 0 Å². The van der Waals surface area contributed by atoms with E-state index in [1.807, 2.05) is 0 Å².